The van der Waals surface area contributed by atoms with Gasteiger partial charge in [-0.1, -0.05) is 71.7 Å². The van der Waals surface area contributed by atoms with E-state index >= 15 is 0 Å². The number of aliphatic carboxylic acids is 1. The zero-order chi connectivity index (χ0) is 25.6. The summed E-state index contributed by atoms with van der Waals surface area (Å²) in [5.74, 6) is -1.06. The van der Waals surface area contributed by atoms with Gasteiger partial charge in [-0.2, -0.15) is 0 Å². The second-order valence-corrected chi connectivity index (χ2v) is 11.5. The molecule has 0 aliphatic carbocycles. The van der Waals surface area contributed by atoms with E-state index in [1.165, 1.54) is 10.8 Å². The Morgan fingerprint density at radius 1 is 1.24 bits per heavy atom. The first kappa shape index (κ1) is 29.4. The number of nitrogens with zero attached hydrogens (tertiary/aromatic N) is 3. The molecule has 0 heterocycles. The highest BCUT2D eigenvalue weighted by Gasteiger charge is 2.23. The molecule has 1 rings (SSSR count). The third-order valence-electron chi connectivity index (χ3n) is 4.18. The van der Waals surface area contributed by atoms with Gasteiger partial charge in [-0.3, -0.25) is 9.59 Å². The Morgan fingerprint density at radius 2 is 1.91 bits per heavy atom. The smallest absolute Gasteiger partial charge is 0.408 e. The Morgan fingerprint density at radius 3 is 2.50 bits per heavy atom. The van der Waals surface area contributed by atoms with Gasteiger partial charge in [0.15, 0.2) is 0 Å². The number of nitrogens with two attached hydrogens (primary N) is 1. The molecule has 34 heavy (non-hydrogen) atoms. The summed E-state index contributed by atoms with van der Waals surface area (Å²) in [7, 11) is 3.07. The number of carboxylic acid groups (broad SMARTS) is 1. The molecule has 2 amide bonds. The highest BCUT2D eigenvalue weighted by molar-refractivity contribution is 8.77. The lowest BCUT2D eigenvalue weighted by Crippen LogP contribution is -2.48. The molecule has 2 atom stereocenters. The highest BCUT2D eigenvalue weighted by atomic mass is 33.1. The molecule has 0 aromatic heterocycles. The molecule has 5 N–H and O–H groups in total. The number of amides is 2. The quantitative estimate of drug-likeness (QED) is 0.0945. The minimum atomic E-state index is -1.05. The summed E-state index contributed by atoms with van der Waals surface area (Å²) in [4.78, 5) is 38.4. The van der Waals surface area contributed by atoms with Gasteiger partial charge >= 0.3 is 12.1 Å². The van der Waals surface area contributed by atoms with E-state index in [-0.39, 0.29) is 17.3 Å². The van der Waals surface area contributed by atoms with Gasteiger partial charge in [0.05, 0.1) is 0 Å². The van der Waals surface area contributed by atoms with Gasteiger partial charge < -0.3 is 26.2 Å². The largest absolute Gasteiger partial charge is 0.480 e. The Hall–Kier alpha value is -2.60. The SMILES string of the molecule is CC(C)(C)SSC[C@H](NC(=O)OCc1ccc(N=[N+]=[N-])cc1)C(=O)NCCCC[C@H](N)C(=O)O. The van der Waals surface area contributed by atoms with Crippen LogP contribution in [0, 0.1) is 0 Å². The number of azide groups is 1. The van der Waals surface area contributed by atoms with Crippen LogP contribution >= 0.6 is 21.6 Å². The van der Waals surface area contributed by atoms with Crippen molar-refractivity contribution in [1.29, 1.82) is 0 Å². The highest BCUT2D eigenvalue weighted by Crippen LogP contribution is 2.35. The number of ether oxygens (including phenoxy) is 1. The predicted molar refractivity (Wildman–Crippen MR) is 135 cm³/mol. The van der Waals surface area contributed by atoms with Crippen LogP contribution < -0.4 is 16.4 Å². The van der Waals surface area contributed by atoms with Crippen LogP contribution in [0.15, 0.2) is 29.4 Å². The molecule has 1 aromatic rings. The molecule has 0 unspecified atom stereocenters. The molecule has 11 nitrogen and oxygen atoms in total. The number of alkyl carbamates (subject to hydrolysis) is 1. The van der Waals surface area contributed by atoms with Crippen LogP contribution in [-0.2, 0) is 20.9 Å². The number of benzene rings is 1. The number of hydrogen-bond donors (Lipinski definition) is 4. The lowest BCUT2D eigenvalue weighted by Gasteiger charge is -2.21. The maximum Gasteiger partial charge on any atom is 0.408 e. The maximum absolute atomic E-state index is 12.7. The Bertz CT molecular complexity index is 856. The Labute approximate surface area is 207 Å². The van der Waals surface area contributed by atoms with Crippen molar-refractivity contribution in [3.63, 3.8) is 0 Å². The molecule has 0 spiro atoms. The van der Waals surface area contributed by atoms with Gasteiger partial charge in [-0.05, 0) is 30.4 Å². The van der Waals surface area contributed by atoms with E-state index in [0.29, 0.717) is 42.8 Å². The molecule has 0 aliphatic rings. The zero-order valence-electron chi connectivity index (χ0n) is 19.5. The molecular weight excluding hydrogens is 480 g/mol. The van der Waals surface area contributed by atoms with E-state index in [2.05, 4.69) is 41.4 Å². The van der Waals surface area contributed by atoms with Gasteiger partial charge in [0, 0.05) is 27.6 Å². The van der Waals surface area contributed by atoms with Crippen LogP contribution in [0.5, 0.6) is 0 Å². The van der Waals surface area contributed by atoms with Crippen molar-refractivity contribution in [1.82, 2.24) is 10.6 Å². The lowest BCUT2D eigenvalue weighted by atomic mass is 10.1. The van der Waals surface area contributed by atoms with Crippen LogP contribution in [-0.4, -0.2) is 52.2 Å². The number of rotatable bonds is 14. The monoisotopic (exact) mass is 512 g/mol. The molecule has 0 saturated carbocycles. The van der Waals surface area contributed by atoms with Crippen molar-refractivity contribution >= 4 is 45.2 Å². The normalized spacial score (nSPS) is 12.7. The summed E-state index contributed by atoms with van der Waals surface area (Å²) in [6.45, 7) is 6.49. The van der Waals surface area contributed by atoms with Gasteiger partial charge in [-0.15, -0.1) is 0 Å². The molecule has 0 fully saturated rings. The molecule has 188 valence electrons. The van der Waals surface area contributed by atoms with Gasteiger partial charge in [-0.25, -0.2) is 4.79 Å². The second-order valence-electron chi connectivity index (χ2n) is 8.34. The van der Waals surface area contributed by atoms with E-state index < -0.39 is 24.1 Å². The summed E-state index contributed by atoms with van der Waals surface area (Å²) in [6.07, 6.45) is 0.717. The summed E-state index contributed by atoms with van der Waals surface area (Å²) in [5, 5.41) is 17.7. The van der Waals surface area contributed by atoms with Crippen molar-refractivity contribution < 1.29 is 24.2 Å². The van der Waals surface area contributed by atoms with E-state index in [9.17, 15) is 14.4 Å². The van der Waals surface area contributed by atoms with E-state index in [1.807, 2.05) is 0 Å². The molecular formula is C21H32N6O5S2. The van der Waals surface area contributed by atoms with Crippen LogP contribution in [0.25, 0.3) is 10.4 Å². The number of carbonyl (C=O) groups excluding carboxylic acids is 2. The van der Waals surface area contributed by atoms with Gasteiger partial charge in [0.1, 0.15) is 18.7 Å². The molecule has 0 saturated heterocycles. The fraction of sp³-hybridized carbons (Fsp3) is 0.571. The Balaban J connectivity index is 2.56. The standard InChI is InChI=1S/C21H32N6O5S2/c1-21(2,3)34-33-13-17(18(28)24-11-5-4-6-16(22)19(29)30)25-20(31)32-12-14-7-9-15(10-8-14)26-27-23/h7-10,16-17H,4-6,11-13,22H2,1-3H3,(H,24,28)(H,25,31)(H,29,30)/t16-,17-/m0/s1. The van der Waals surface area contributed by atoms with Crippen LogP contribution in [0.1, 0.15) is 45.6 Å². The minimum Gasteiger partial charge on any atom is -0.480 e. The topological polar surface area (TPSA) is 180 Å². The summed E-state index contributed by atoms with van der Waals surface area (Å²) >= 11 is 0. The first-order valence-corrected chi connectivity index (χ1v) is 13.0. The number of carbonyl (C=O) groups is 3. The summed E-state index contributed by atoms with van der Waals surface area (Å²) in [5.41, 5.74) is 15.1. The van der Waals surface area contributed by atoms with Crippen molar-refractivity contribution in [3.8, 4) is 0 Å². The predicted octanol–water partition coefficient (Wildman–Crippen LogP) is 4.10. The second kappa shape index (κ2) is 15.3. The van der Waals surface area contributed by atoms with Gasteiger partial charge in [0.2, 0.25) is 5.91 Å². The fourth-order valence-corrected chi connectivity index (χ4v) is 4.92. The van der Waals surface area contributed by atoms with Crippen LogP contribution in [0.3, 0.4) is 0 Å². The zero-order valence-corrected chi connectivity index (χ0v) is 21.2. The number of hydrogen-bond acceptors (Lipinski definition) is 8. The summed E-state index contributed by atoms with van der Waals surface area (Å²) < 4.78 is 5.21. The average Bonchev–Trinajstić information content (AvgIpc) is 2.76. The Kier molecular flexibility index (Phi) is 13.3. The molecule has 1 aromatic carbocycles. The fourth-order valence-electron chi connectivity index (χ4n) is 2.45. The van der Waals surface area contributed by atoms with Crippen LogP contribution in [0.2, 0.25) is 0 Å². The average molecular weight is 513 g/mol. The first-order chi connectivity index (χ1) is 16.0. The van der Waals surface area contributed by atoms with Crippen molar-refractivity contribution in [2.45, 2.75) is 63.5 Å². The van der Waals surface area contributed by atoms with Gasteiger partial charge in [0.25, 0.3) is 0 Å². The van der Waals surface area contributed by atoms with Crippen molar-refractivity contribution in [2.24, 2.45) is 10.8 Å². The van der Waals surface area contributed by atoms with Crippen LogP contribution in [0.4, 0.5) is 10.5 Å². The maximum atomic E-state index is 12.7. The van der Waals surface area contributed by atoms with E-state index in [0.717, 1.165) is 0 Å². The van der Waals surface area contributed by atoms with E-state index in [4.69, 9.17) is 21.1 Å². The van der Waals surface area contributed by atoms with Crippen molar-refractivity contribution in [3.05, 3.63) is 40.3 Å². The number of unbranched alkanes of at least 4 members (excludes halogenated alkanes) is 1. The number of carboxylic acids is 1. The summed E-state index contributed by atoms with van der Waals surface area (Å²) in [6, 6.07) is 4.84. The van der Waals surface area contributed by atoms with Crippen molar-refractivity contribution in [2.75, 3.05) is 12.3 Å². The third-order valence-corrected chi connectivity index (χ3v) is 7.53. The number of nitrogens with one attached hydrogen (secondary N) is 2. The molecule has 13 heteroatoms. The third kappa shape index (κ3) is 13.2. The molecule has 0 bridgehead atoms. The van der Waals surface area contributed by atoms with E-state index in [1.54, 1.807) is 35.1 Å². The first-order valence-electron chi connectivity index (χ1n) is 10.7. The minimum absolute atomic E-state index is 0.00949. The lowest BCUT2D eigenvalue weighted by molar-refractivity contribution is -0.138. The molecule has 0 radical (unpaired) electrons. The molecule has 0 aliphatic heterocycles.